The van der Waals surface area contributed by atoms with Gasteiger partial charge in [-0.3, -0.25) is 4.79 Å². The molecule has 0 radical (unpaired) electrons. The van der Waals surface area contributed by atoms with E-state index in [2.05, 4.69) is 15.3 Å². The van der Waals surface area contributed by atoms with Crippen LogP contribution in [0.5, 0.6) is 5.75 Å². The van der Waals surface area contributed by atoms with Gasteiger partial charge >= 0.3 is 12.1 Å². The molecule has 0 bridgehead atoms. The van der Waals surface area contributed by atoms with Crippen molar-refractivity contribution < 1.29 is 27.8 Å². The number of nitrogens with zero attached hydrogens (tertiary/aromatic N) is 3. The number of halogens is 3. The van der Waals surface area contributed by atoms with Crippen LogP contribution in [-0.4, -0.2) is 40.7 Å². The van der Waals surface area contributed by atoms with Gasteiger partial charge in [0, 0.05) is 25.2 Å². The number of hydrogen-bond acceptors (Lipinski definition) is 6. The van der Waals surface area contributed by atoms with Gasteiger partial charge in [0.25, 0.3) is 0 Å². The normalized spacial score (nSPS) is 18.4. The average molecular weight is 438 g/mol. The number of carbonyl (C=O) groups is 1. The minimum atomic E-state index is -4.42. The second kappa shape index (κ2) is 9.40. The lowest BCUT2D eigenvalue weighted by atomic mass is 9.89. The van der Waals surface area contributed by atoms with Crippen molar-refractivity contribution >= 4 is 17.6 Å². The van der Waals surface area contributed by atoms with Crippen molar-refractivity contribution in [1.29, 1.82) is 0 Å². The summed E-state index contributed by atoms with van der Waals surface area (Å²) in [4.78, 5) is 20.9. The summed E-state index contributed by atoms with van der Waals surface area (Å²) in [7, 11) is 1.89. The molecule has 0 amide bonds. The van der Waals surface area contributed by atoms with Gasteiger partial charge in [-0.15, -0.1) is 0 Å². The number of fused-ring (bicyclic) bond motifs is 1. The molecule has 2 unspecified atom stereocenters. The van der Waals surface area contributed by atoms with Crippen LogP contribution in [0, 0.1) is 0 Å². The van der Waals surface area contributed by atoms with Crippen molar-refractivity contribution in [1.82, 2.24) is 9.97 Å². The standard InChI is InChI=1S/C21H25F3N4O3/c1-3-14-10-17(16-9-13(21(22,23)24)6-7-18(16)28(14)2)27-20-25-11-15(12-26-20)31-8-4-5-19(29)30/h6-7,9,11-12,14,17H,3-5,8,10H2,1-2H3,(H,29,30)(H,25,26,27). The summed E-state index contributed by atoms with van der Waals surface area (Å²) < 4.78 is 45.2. The van der Waals surface area contributed by atoms with Crippen molar-refractivity contribution in [3.63, 3.8) is 0 Å². The first kappa shape index (κ1) is 22.6. The van der Waals surface area contributed by atoms with Gasteiger partial charge < -0.3 is 20.1 Å². The van der Waals surface area contributed by atoms with Crippen LogP contribution in [0.25, 0.3) is 0 Å². The number of aromatic nitrogens is 2. The van der Waals surface area contributed by atoms with Crippen LogP contribution in [-0.2, 0) is 11.0 Å². The first-order valence-electron chi connectivity index (χ1n) is 10.1. The maximum Gasteiger partial charge on any atom is 0.416 e. The number of rotatable bonds is 8. The van der Waals surface area contributed by atoms with Crippen LogP contribution in [0.3, 0.4) is 0 Å². The quantitative estimate of drug-likeness (QED) is 0.587. The molecule has 1 aromatic carbocycles. The molecule has 2 aromatic rings. The molecule has 3 rings (SSSR count). The third-order valence-corrected chi connectivity index (χ3v) is 5.37. The number of anilines is 2. The molecular weight excluding hydrogens is 413 g/mol. The van der Waals surface area contributed by atoms with E-state index in [4.69, 9.17) is 9.84 Å². The SMILES string of the molecule is CCC1CC(Nc2ncc(OCCCC(=O)O)cn2)c2cc(C(F)(F)F)ccc2N1C. The maximum absolute atomic E-state index is 13.3. The third-order valence-electron chi connectivity index (χ3n) is 5.37. The summed E-state index contributed by atoms with van der Waals surface area (Å²) in [5.41, 5.74) is 0.619. The van der Waals surface area contributed by atoms with Crippen LogP contribution in [0.15, 0.2) is 30.6 Å². The van der Waals surface area contributed by atoms with Crippen molar-refractivity contribution in [2.45, 2.75) is 50.9 Å². The second-order valence-electron chi connectivity index (χ2n) is 7.47. The zero-order valence-electron chi connectivity index (χ0n) is 17.3. The van der Waals surface area contributed by atoms with Crippen molar-refractivity contribution in [2.75, 3.05) is 23.9 Å². The van der Waals surface area contributed by atoms with Gasteiger partial charge in [-0.2, -0.15) is 13.2 Å². The summed E-state index contributed by atoms with van der Waals surface area (Å²) in [6.45, 7) is 2.27. The number of aliphatic carboxylic acids is 1. The van der Waals surface area contributed by atoms with Gasteiger partial charge in [-0.1, -0.05) is 6.92 Å². The maximum atomic E-state index is 13.3. The van der Waals surface area contributed by atoms with Crippen molar-refractivity contribution in [3.05, 3.63) is 41.7 Å². The summed E-state index contributed by atoms with van der Waals surface area (Å²) in [5, 5.41) is 11.8. The molecule has 0 spiro atoms. The van der Waals surface area contributed by atoms with Gasteiger partial charge in [0.15, 0.2) is 5.75 Å². The average Bonchev–Trinajstić information content (AvgIpc) is 2.73. The molecule has 2 heterocycles. The highest BCUT2D eigenvalue weighted by Gasteiger charge is 2.35. The highest BCUT2D eigenvalue weighted by Crippen LogP contribution is 2.41. The fourth-order valence-corrected chi connectivity index (χ4v) is 3.70. The van der Waals surface area contributed by atoms with E-state index in [1.54, 1.807) is 0 Å². The number of ether oxygens (including phenoxy) is 1. The number of alkyl halides is 3. The minimum absolute atomic E-state index is 0.00847. The molecule has 1 aliphatic heterocycles. The molecule has 1 aromatic heterocycles. The number of hydrogen-bond donors (Lipinski definition) is 2. The Hall–Kier alpha value is -3.04. The molecule has 168 valence electrons. The lowest BCUT2D eigenvalue weighted by molar-refractivity contribution is -0.138. The number of nitrogens with one attached hydrogen (secondary N) is 1. The molecule has 31 heavy (non-hydrogen) atoms. The molecule has 0 fully saturated rings. The zero-order chi connectivity index (χ0) is 22.6. The van der Waals surface area contributed by atoms with E-state index >= 15 is 0 Å². The Balaban J connectivity index is 1.76. The second-order valence-corrected chi connectivity index (χ2v) is 7.47. The Morgan fingerprint density at radius 3 is 2.65 bits per heavy atom. The largest absolute Gasteiger partial charge is 0.490 e. The van der Waals surface area contributed by atoms with Crippen molar-refractivity contribution in [3.8, 4) is 5.75 Å². The molecule has 1 aliphatic rings. The fraction of sp³-hybridized carbons (Fsp3) is 0.476. The van der Waals surface area contributed by atoms with Gasteiger partial charge in [0.2, 0.25) is 5.95 Å². The monoisotopic (exact) mass is 438 g/mol. The van der Waals surface area contributed by atoms with E-state index in [0.717, 1.165) is 18.2 Å². The van der Waals surface area contributed by atoms with E-state index in [1.807, 2.05) is 18.9 Å². The Bertz CT molecular complexity index is 906. The van der Waals surface area contributed by atoms with Gasteiger partial charge in [0.05, 0.1) is 30.6 Å². The number of benzene rings is 1. The van der Waals surface area contributed by atoms with E-state index in [9.17, 15) is 18.0 Å². The van der Waals surface area contributed by atoms with Crippen LogP contribution < -0.4 is 15.0 Å². The van der Waals surface area contributed by atoms with Crippen molar-refractivity contribution in [2.24, 2.45) is 0 Å². The molecule has 0 aliphatic carbocycles. The summed E-state index contributed by atoms with van der Waals surface area (Å²) in [6.07, 6.45) is 0.314. The summed E-state index contributed by atoms with van der Waals surface area (Å²) >= 11 is 0. The van der Waals surface area contributed by atoms with Crippen LogP contribution >= 0.6 is 0 Å². The van der Waals surface area contributed by atoms with E-state index in [1.165, 1.54) is 24.5 Å². The molecule has 0 saturated heterocycles. The van der Waals surface area contributed by atoms with Gasteiger partial charge in [0.1, 0.15) is 0 Å². The van der Waals surface area contributed by atoms with E-state index < -0.39 is 17.7 Å². The summed E-state index contributed by atoms with van der Waals surface area (Å²) in [6, 6.07) is 3.61. The van der Waals surface area contributed by atoms with Crippen LogP contribution in [0.2, 0.25) is 0 Å². The number of carboxylic acid groups (broad SMARTS) is 1. The topological polar surface area (TPSA) is 87.6 Å². The smallest absolute Gasteiger partial charge is 0.416 e. The van der Waals surface area contributed by atoms with E-state index in [-0.39, 0.29) is 31.1 Å². The molecule has 10 heteroatoms. The Kier molecular flexibility index (Phi) is 6.87. The van der Waals surface area contributed by atoms with Crippen LogP contribution in [0.4, 0.5) is 24.8 Å². The molecule has 0 saturated carbocycles. The molecular formula is C21H25F3N4O3. The molecule has 7 nitrogen and oxygen atoms in total. The summed E-state index contributed by atoms with van der Waals surface area (Å²) in [5.74, 6) is -0.215. The number of carboxylic acids is 1. The first-order valence-corrected chi connectivity index (χ1v) is 10.1. The van der Waals surface area contributed by atoms with Gasteiger partial charge in [-0.25, -0.2) is 9.97 Å². The predicted molar refractivity (Wildman–Crippen MR) is 109 cm³/mol. The predicted octanol–water partition coefficient (Wildman–Crippen LogP) is 4.51. The lowest BCUT2D eigenvalue weighted by Crippen LogP contribution is -2.39. The lowest BCUT2D eigenvalue weighted by Gasteiger charge is -2.40. The van der Waals surface area contributed by atoms with E-state index in [0.29, 0.717) is 24.2 Å². The Morgan fingerprint density at radius 2 is 2.03 bits per heavy atom. The highest BCUT2D eigenvalue weighted by atomic mass is 19.4. The molecule has 2 N–H and O–H groups in total. The fourth-order valence-electron chi connectivity index (χ4n) is 3.70. The van der Waals surface area contributed by atoms with Gasteiger partial charge in [-0.05, 0) is 43.0 Å². The Morgan fingerprint density at radius 1 is 1.32 bits per heavy atom. The first-order chi connectivity index (χ1) is 14.7. The Labute approximate surface area is 178 Å². The highest BCUT2D eigenvalue weighted by molar-refractivity contribution is 5.66. The third kappa shape index (κ3) is 5.56. The molecule has 2 atom stereocenters. The van der Waals surface area contributed by atoms with Crippen LogP contribution in [0.1, 0.15) is 49.8 Å². The zero-order valence-corrected chi connectivity index (χ0v) is 17.3. The minimum Gasteiger partial charge on any atom is -0.490 e.